The van der Waals surface area contributed by atoms with Crippen molar-refractivity contribution >= 4 is 0 Å². The molecule has 2 heterocycles. The molecule has 96 valence electrons. The largest absolute Gasteiger partial charge is 0.396 e. The van der Waals surface area contributed by atoms with E-state index in [2.05, 4.69) is 6.92 Å². The van der Waals surface area contributed by atoms with Crippen molar-refractivity contribution in [3.8, 4) is 0 Å². The first-order chi connectivity index (χ1) is 7.62. The van der Waals surface area contributed by atoms with Gasteiger partial charge in [0.25, 0.3) is 0 Å². The number of ether oxygens (including phenoxy) is 3. The van der Waals surface area contributed by atoms with Gasteiger partial charge in [0.15, 0.2) is 0 Å². The van der Waals surface area contributed by atoms with Gasteiger partial charge in [0.05, 0.1) is 39.1 Å². The van der Waals surface area contributed by atoms with Crippen LogP contribution in [-0.4, -0.2) is 50.3 Å². The van der Waals surface area contributed by atoms with Gasteiger partial charge in [-0.2, -0.15) is 0 Å². The van der Waals surface area contributed by atoms with Crippen molar-refractivity contribution in [2.45, 2.75) is 39.4 Å². The van der Waals surface area contributed by atoms with E-state index < -0.39 is 0 Å². The summed E-state index contributed by atoms with van der Waals surface area (Å²) in [6.07, 6.45) is 1.77. The highest BCUT2D eigenvalue weighted by Crippen LogP contribution is 2.29. The molecular weight excluding hydrogens is 208 g/mol. The third-order valence-electron chi connectivity index (χ3n) is 2.97. The highest BCUT2D eigenvalue weighted by atomic mass is 16.6. The molecule has 0 amide bonds. The van der Waals surface area contributed by atoms with Crippen LogP contribution in [0.2, 0.25) is 0 Å². The van der Waals surface area contributed by atoms with E-state index in [1.807, 2.05) is 13.8 Å². The van der Waals surface area contributed by atoms with Crippen LogP contribution in [0.25, 0.3) is 0 Å². The fourth-order valence-electron chi connectivity index (χ4n) is 1.48. The Morgan fingerprint density at radius 1 is 1.31 bits per heavy atom. The molecule has 2 aliphatic rings. The summed E-state index contributed by atoms with van der Waals surface area (Å²) in [7, 11) is 0. The summed E-state index contributed by atoms with van der Waals surface area (Å²) in [5.41, 5.74) is 0.139. The zero-order chi connectivity index (χ0) is 12.0. The fraction of sp³-hybridized carbons (Fsp3) is 1.00. The summed E-state index contributed by atoms with van der Waals surface area (Å²) in [6, 6.07) is 0. The van der Waals surface area contributed by atoms with Gasteiger partial charge in [0.1, 0.15) is 6.10 Å². The number of rotatable bonds is 4. The SMILES string of the molecule is CC(C)OC1COC1.CCC1(CO)COC1. The molecular formula is C12H24O4. The lowest BCUT2D eigenvalue weighted by molar-refractivity contribution is -0.146. The maximum Gasteiger partial charge on any atom is 0.104 e. The highest BCUT2D eigenvalue weighted by Gasteiger charge is 2.35. The first-order valence-electron chi connectivity index (χ1n) is 6.03. The molecule has 0 aromatic rings. The first-order valence-corrected chi connectivity index (χ1v) is 6.03. The van der Waals surface area contributed by atoms with Crippen molar-refractivity contribution in [3.05, 3.63) is 0 Å². The van der Waals surface area contributed by atoms with Crippen LogP contribution in [0.5, 0.6) is 0 Å². The van der Waals surface area contributed by atoms with Crippen molar-refractivity contribution < 1.29 is 19.3 Å². The molecule has 4 nitrogen and oxygen atoms in total. The molecule has 0 unspecified atom stereocenters. The number of aliphatic hydroxyl groups excluding tert-OH is 1. The van der Waals surface area contributed by atoms with Gasteiger partial charge in [-0.25, -0.2) is 0 Å². The standard InChI is InChI=1S/2C6H12O2/c1-5(2)8-6-3-7-4-6;1-2-6(3-7)4-8-5-6/h5-6H,3-4H2,1-2H3;7H,2-5H2,1H3. The number of hydrogen-bond donors (Lipinski definition) is 1. The summed E-state index contributed by atoms with van der Waals surface area (Å²) in [4.78, 5) is 0. The van der Waals surface area contributed by atoms with Gasteiger partial charge in [-0.05, 0) is 20.3 Å². The van der Waals surface area contributed by atoms with Crippen molar-refractivity contribution in [1.29, 1.82) is 0 Å². The van der Waals surface area contributed by atoms with Gasteiger partial charge in [0.2, 0.25) is 0 Å². The third-order valence-corrected chi connectivity index (χ3v) is 2.97. The maximum absolute atomic E-state index is 8.76. The van der Waals surface area contributed by atoms with Crippen molar-refractivity contribution in [1.82, 2.24) is 0 Å². The Hall–Kier alpha value is -0.160. The number of aliphatic hydroxyl groups is 1. The van der Waals surface area contributed by atoms with Gasteiger partial charge in [0, 0.05) is 5.41 Å². The second-order valence-electron chi connectivity index (χ2n) is 4.85. The van der Waals surface area contributed by atoms with Gasteiger partial charge >= 0.3 is 0 Å². The zero-order valence-electron chi connectivity index (χ0n) is 10.6. The molecule has 16 heavy (non-hydrogen) atoms. The van der Waals surface area contributed by atoms with Gasteiger partial charge < -0.3 is 19.3 Å². The summed E-state index contributed by atoms with van der Waals surface area (Å²) >= 11 is 0. The molecule has 2 fully saturated rings. The van der Waals surface area contributed by atoms with Crippen molar-refractivity contribution in [2.75, 3.05) is 33.0 Å². The van der Waals surface area contributed by atoms with E-state index in [1.165, 1.54) is 0 Å². The lowest BCUT2D eigenvalue weighted by atomic mass is 9.84. The Morgan fingerprint density at radius 2 is 1.94 bits per heavy atom. The summed E-state index contributed by atoms with van der Waals surface area (Å²) in [6.45, 7) is 9.52. The van der Waals surface area contributed by atoms with E-state index in [1.54, 1.807) is 0 Å². The van der Waals surface area contributed by atoms with E-state index in [0.717, 1.165) is 32.8 Å². The molecule has 0 radical (unpaired) electrons. The van der Waals surface area contributed by atoms with Crippen LogP contribution >= 0.6 is 0 Å². The molecule has 0 aliphatic carbocycles. The average Bonchev–Trinajstić information content (AvgIpc) is 2.13. The summed E-state index contributed by atoms with van der Waals surface area (Å²) < 4.78 is 15.2. The van der Waals surface area contributed by atoms with Crippen molar-refractivity contribution in [2.24, 2.45) is 5.41 Å². The third kappa shape index (κ3) is 4.01. The van der Waals surface area contributed by atoms with Crippen LogP contribution in [0.15, 0.2) is 0 Å². The normalized spacial score (nSPS) is 23.1. The van der Waals surface area contributed by atoms with Gasteiger partial charge in [-0.1, -0.05) is 6.92 Å². The zero-order valence-corrected chi connectivity index (χ0v) is 10.6. The summed E-state index contributed by atoms with van der Waals surface area (Å²) in [5.74, 6) is 0. The molecule has 0 aromatic heterocycles. The monoisotopic (exact) mass is 232 g/mol. The minimum absolute atomic E-state index is 0.139. The van der Waals surface area contributed by atoms with E-state index in [4.69, 9.17) is 19.3 Å². The molecule has 0 saturated carbocycles. The van der Waals surface area contributed by atoms with Crippen LogP contribution in [0.1, 0.15) is 27.2 Å². The molecule has 2 saturated heterocycles. The maximum atomic E-state index is 8.76. The molecule has 0 aromatic carbocycles. The second kappa shape index (κ2) is 6.55. The van der Waals surface area contributed by atoms with Crippen LogP contribution < -0.4 is 0 Å². The Balaban J connectivity index is 0.000000160. The second-order valence-corrected chi connectivity index (χ2v) is 4.85. The van der Waals surface area contributed by atoms with Crippen LogP contribution in [0, 0.1) is 5.41 Å². The van der Waals surface area contributed by atoms with Crippen LogP contribution in [-0.2, 0) is 14.2 Å². The Morgan fingerprint density at radius 3 is 2.00 bits per heavy atom. The van der Waals surface area contributed by atoms with E-state index in [0.29, 0.717) is 12.2 Å². The van der Waals surface area contributed by atoms with Gasteiger partial charge in [-0.3, -0.25) is 0 Å². The van der Waals surface area contributed by atoms with Crippen LogP contribution in [0.4, 0.5) is 0 Å². The molecule has 0 bridgehead atoms. The quantitative estimate of drug-likeness (QED) is 0.791. The predicted molar refractivity (Wildman–Crippen MR) is 61.5 cm³/mol. The first kappa shape index (κ1) is 13.9. The Labute approximate surface area is 97.9 Å². The fourth-order valence-corrected chi connectivity index (χ4v) is 1.48. The van der Waals surface area contributed by atoms with E-state index in [-0.39, 0.29) is 12.0 Å². The minimum Gasteiger partial charge on any atom is -0.396 e. The minimum atomic E-state index is 0.139. The molecule has 0 atom stereocenters. The average molecular weight is 232 g/mol. The Kier molecular flexibility index (Phi) is 5.69. The summed E-state index contributed by atoms with van der Waals surface area (Å²) in [5, 5.41) is 8.76. The predicted octanol–water partition coefficient (Wildman–Crippen LogP) is 1.22. The van der Waals surface area contributed by atoms with Crippen molar-refractivity contribution in [3.63, 3.8) is 0 Å². The highest BCUT2D eigenvalue weighted by molar-refractivity contribution is 4.82. The number of hydrogen-bond acceptors (Lipinski definition) is 4. The molecule has 2 aliphatic heterocycles. The van der Waals surface area contributed by atoms with Gasteiger partial charge in [-0.15, -0.1) is 0 Å². The molecule has 1 N–H and O–H groups in total. The van der Waals surface area contributed by atoms with E-state index in [9.17, 15) is 0 Å². The molecule has 4 heteroatoms. The topological polar surface area (TPSA) is 47.9 Å². The lowest BCUT2D eigenvalue weighted by Gasteiger charge is -2.38. The van der Waals surface area contributed by atoms with E-state index >= 15 is 0 Å². The smallest absolute Gasteiger partial charge is 0.104 e. The molecule has 2 rings (SSSR count). The lowest BCUT2D eigenvalue weighted by Crippen LogP contribution is -2.44. The Bertz CT molecular complexity index is 172. The van der Waals surface area contributed by atoms with Crippen LogP contribution in [0.3, 0.4) is 0 Å². The molecule has 0 spiro atoms.